The van der Waals surface area contributed by atoms with Crippen molar-refractivity contribution in [2.45, 2.75) is 51.2 Å². The number of piperidine rings is 1. The fraction of sp³-hybridized carbons (Fsp3) is 0.667. The van der Waals surface area contributed by atoms with Crippen LogP contribution in [0.3, 0.4) is 0 Å². The maximum absolute atomic E-state index is 11.2. The van der Waals surface area contributed by atoms with Crippen LogP contribution in [0.5, 0.6) is 0 Å². The quantitative estimate of drug-likeness (QED) is 0.738. The van der Waals surface area contributed by atoms with Crippen LogP contribution in [0.25, 0.3) is 0 Å². The van der Waals surface area contributed by atoms with Crippen LogP contribution in [0.2, 0.25) is 0 Å². The Labute approximate surface area is 162 Å². The van der Waals surface area contributed by atoms with Gasteiger partial charge in [0.2, 0.25) is 0 Å². The predicted octanol–water partition coefficient (Wildman–Crippen LogP) is 3.48. The molecule has 1 aromatic carbocycles. The van der Waals surface area contributed by atoms with Crippen LogP contribution in [0.1, 0.15) is 44.2 Å². The van der Waals surface area contributed by atoms with Crippen LogP contribution in [0.4, 0.5) is 10.5 Å². The number of amides is 1. The molecule has 1 fully saturated rings. The summed E-state index contributed by atoms with van der Waals surface area (Å²) < 4.78 is 11.3. The van der Waals surface area contributed by atoms with Crippen LogP contribution in [0, 0.1) is 0 Å². The second kappa shape index (κ2) is 8.48. The summed E-state index contributed by atoms with van der Waals surface area (Å²) in [7, 11) is 1.74. The van der Waals surface area contributed by atoms with Crippen LogP contribution in [0.15, 0.2) is 18.2 Å². The number of anilines is 1. The first-order valence-electron chi connectivity index (χ1n) is 9.87. The van der Waals surface area contributed by atoms with Crippen molar-refractivity contribution in [2.75, 3.05) is 44.8 Å². The van der Waals surface area contributed by atoms with Gasteiger partial charge in [0, 0.05) is 44.5 Å². The van der Waals surface area contributed by atoms with E-state index in [0.717, 1.165) is 44.5 Å². The van der Waals surface area contributed by atoms with Gasteiger partial charge < -0.3 is 24.4 Å². The molecule has 150 valence electrons. The molecule has 1 amide bonds. The monoisotopic (exact) mass is 376 g/mol. The Morgan fingerprint density at radius 1 is 1.37 bits per heavy atom. The van der Waals surface area contributed by atoms with Crippen molar-refractivity contribution in [2.24, 2.45) is 0 Å². The summed E-state index contributed by atoms with van der Waals surface area (Å²) in [5, 5.41) is 9.17. The van der Waals surface area contributed by atoms with Gasteiger partial charge in [-0.15, -0.1) is 0 Å². The molecule has 2 aliphatic rings. The molecule has 1 aromatic rings. The van der Waals surface area contributed by atoms with Crippen LogP contribution < -0.4 is 4.90 Å². The molecule has 0 spiro atoms. The zero-order valence-electron chi connectivity index (χ0n) is 16.7. The number of nitrogens with zero attached hydrogens (tertiary/aromatic N) is 2. The van der Waals surface area contributed by atoms with Crippen molar-refractivity contribution in [3.05, 3.63) is 29.3 Å². The minimum Gasteiger partial charge on any atom is -0.465 e. The van der Waals surface area contributed by atoms with Gasteiger partial charge in [-0.25, -0.2) is 4.79 Å². The number of fused-ring (bicyclic) bond motifs is 1. The van der Waals surface area contributed by atoms with Crippen molar-refractivity contribution < 1.29 is 19.4 Å². The normalized spacial score (nSPS) is 21.4. The van der Waals surface area contributed by atoms with E-state index >= 15 is 0 Å². The van der Waals surface area contributed by atoms with Gasteiger partial charge >= 0.3 is 6.09 Å². The van der Waals surface area contributed by atoms with E-state index in [0.29, 0.717) is 19.7 Å². The zero-order chi connectivity index (χ0) is 19.4. The average Bonchev–Trinajstić information content (AvgIpc) is 2.90. The second-order valence-electron chi connectivity index (χ2n) is 8.31. The summed E-state index contributed by atoms with van der Waals surface area (Å²) >= 11 is 0. The van der Waals surface area contributed by atoms with Gasteiger partial charge in [0.15, 0.2) is 0 Å². The van der Waals surface area contributed by atoms with E-state index in [1.807, 2.05) is 0 Å². The van der Waals surface area contributed by atoms with Crippen LogP contribution in [-0.4, -0.2) is 62.1 Å². The summed E-state index contributed by atoms with van der Waals surface area (Å²) in [5.74, 6) is 0. The number of likely N-dealkylation sites (tertiary alicyclic amines) is 1. The molecule has 0 saturated carbocycles. The first-order valence-corrected chi connectivity index (χ1v) is 9.87. The fourth-order valence-electron chi connectivity index (χ4n) is 4.21. The number of carbonyl (C=O) groups is 1. The van der Waals surface area contributed by atoms with E-state index in [4.69, 9.17) is 14.6 Å². The lowest BCUT2D eigenvalue weighted by Gasteiger charge is -2.30. The van der Waals surface area contributed by atoms with E-state index in [1.165, 1.54) is 16.2 Å². The molecule has 6 heteroatoms. The highest BCUT2D eigenvalue weighted by atomic mass is 16.5. The highest BCUT2D eigenvalue weighted by Gasteiger charge is 2.34. The molecule has 2 heterocycles. The molecule has 1 atom stereocenters. The van der Waals surface area contributed by atoms with Crippen molar-refractivity contribution >= 4 is 11.8 Å². The number of ether oxygens (including phenoxy) is 2. The Hall–Kier alpha value is -1.79. The van der Waals surface area contributed by atoms with Gasteiger partial charge in [-0.2, -0.15) is 0 Å². The molecule has 0 aliphatic carbocycles. The third kappa shape index (κ3) is 4.74. The molecule has 6 nitrogen and oxygen atoms in total. The number of carboxylic acid groups (broad SMARTS) is 1. The number of hydrogen-bond donors (Lipinski definition) is 1. The number of methoxy groups -OCH3 is 1. The molecule has 27 heavy (non-hydrogen) atoms. The Morgan fingerprint density at radius 3 is 2.93 bits per heavy atom. The number of rotatable bonds is 7. The van der Waals surface area contributed by atoms with E-state index in [2.05, 4.69) is 36.9 Å². The van der Waals surface area contributed by atoms with E-state index in [1.54, 1.807) is 7.11 Å². The van der Waals surface area contributed by atoms with E-state index in [-0.39, 0.29) is 11.5 Å². The predicted molar refractivity (Wildman–Crippen MR) is 106 cm³/mol. The summed E-state index contributed by atoms with van der Waals surface area (Å²) in [6.45, 7) is 8.98. The third-order valence-corrected chi connectivity index (χ3v) is 5.63. The smallest absolute Gasteiger partial charge is 0.407 e. The zero-order valence-corrected chi connectivity index (χ0v) is 16.7. The first-order chi connectivity index (χ1) is 12.9. The molecule has 0 radical (unpaired) electrons. The molecule has 0 aromatic heterocycles. The topological polar surface area (TPSA) is 62.2 Å². The van der Waals surface area contributed by atoms with Crippen molar-refractivity contribution in [3.8, 4) is 0 Å². The second-order valence-corrected chi connectivity index (χ2v) is 8.31. The summed E-state index contributed by atoms with van der Waals surface area (Å²) in [6.07, 6.45) is 1.93. The van der Waals surface area contributed by atoms with Crippen molar-refractivity contribution in [3.63, 3.8) is 0 Å². The number of hydrogen-bond acceptors (Lipinski definition) is 4. The van der Waals surface area contributed by atoms with E-state index in [9.17, 15) is 4.79 Å². The fourth-order valence-corrected chi connectivity index (χ4v) is 4.21. The average molecular weight is 376 g/mol. The Balaban J connectivity index is 1.64. The number of benzene rings is 1. The molecular weight excluding hydrogens is 344 g/mol. The maximum atomic E-state index is 11.2. The third-order valence-electron chi connectivity index (χ3n) is 5.63. The van der Waals surface area contributed by atoms with Gasteiger partial charge in [-0.3, -0.25) is 0 Å². The lowest BCUT2D eigenvalue weighted by atomic mass is 9.86. The first kappa shape index (κ1) is 20.0. The molecule has 0 bridgehead atoms. The summed E-state index contributed by atoms with van der Waals surface area (Å²) in [5.41, 5.74) is 3.98. The van der Waals surface area contributed by atoms with Gasteiger partial charge in [0.25, 0.3) is 0 Å². The molecule has 1 saturated heterocycles. The van der Waals surface area contributed by atoms with Crippen molar-refractivity contribution in [1.82, 2.24) is 4.90 Å². The van der Waals surface area contributed by atoms with Gasteiger partial charge in [-0.05, 0) is 36.5 Å². The highest BCUT2D eigenvalue weighted by molar-refractivity contribution is 5.65. The molecule has 1 unspecified atom stereocenters. The standard InChI is InChI=1S/C21H32N2O4/c1-21(2)15-23(10-5-11-26-3)19-12-16(7-8-18(19)21)14-27-17-6-4-9-22(13-17)20(24)25/h7-8,12,17H,4-6,9-11,13-15H2,1-3H3,(H,24,25). The highest BCUT2D eigenvalue weighted by Crippen LogP contribution is 2.41. The van der Waals surface area contributed by atoms with Gasteiger partial charge in [0.05, 0.1) is 19.3 Å². The minimum absolute atomic E-state index is 0.0163. The molecule has 2 aliphatic heterocycles. The molecular formula is C21H32N2O4. The van der Waals surface area contributed by atoms with Gasteiger partial charge in [-0.1, -0.05) is 26.0 Å². The lowest BCUT2D eigenvalue weighted by molar-refractivity contribution is -0.00609. The van der Waals surface area contributed by atoms with Crippen LogP contribution >= 0.6 is 0 Å². The maximum Gasteiger partial charge on any atom is 0.407 e. The Kier molecular flexibility index (Phi) is 6.27. The molecule has 1 N–H and O–H groups in total. The Morgan fingerprint density at radius 2 is 2.19 bits per heavy atom. The molecule has 3 rings (SSSR count). The summed E-state index contributed by atoms with van der Waals surface area (Å²) in [6, 6.07) is 6.63. The largest absolute Gasteiger partial charge is 0.465 e. The minimum atomic E-state index is -0.852. The SMILES string of the molecule is COCCCN1CC(C)(C)c2ccc(COC3CCCN(C(=O)O)C3)cc21. The Bertz CT molecular complexity index is 662. The summed E-state index contributed by atoms with van der Waals surface area (Å²) in [4.78, 5) is 15.1. The lowest BCUT2D eigenvalue weighted by Crippen LogP contribution is -2.42. The van der Waals surface area contributed by atoms with E-state index < -0.39 is 6.09 Å². The van der Waals surface area contributed by atoms with Crippen molar-refractivity contribution in [1.29, 1.82) is 0 Å². The van der Waals surface area contributed by atoms with Gasteiger partial charge in [0.1, 0.15) is 0 Å². The van der Waals surface area contributed by atoms with Crippen LogP contribution in [-0.2, 0) is 21.5 Å².